The van der Waals surface area contributed by atoms with Gasteiger partial charge in [0.1, 0.15) is 28.5 Å². The van der Waals surface area contributed by atoms with Crippen LogP contribution in [0.4, 0.5) is 0 Å². The molecule has 0 unspecified atom stereocenters. The van der Waals surface area contributed by atoms with Crippen LogP contribution in [0, 0.1) is 0 Å². The lowest BCUT2D eigenvalue weighted by Crippen LogP contribution is -2.23. The lowest BCUT2D eigenvalue weighted by molar-refractivity contribution is 0.102. The van der Waals surface area contributed by atoms with Gasteiger partial charge >= 0.3 is 0 Å². The maximum Gasteiger partial charge on any atom is 0.120 e. The Kier molecular flexibility index (Phi) is 10.8. The van der Waals surface area contributed by atoms with E-state index in [0.717, 1.165) is 11.5 Å². The molecule has 0 aromatic heterocycles. The third-order valence-corrected chi connectivity index (χ3v) is 3.41. The maximum absolute atomic E-state index is 9.02. The van der Waals surface area contributed by atoms with Crippen molar-refractivity contribution >= 4 is 0 Å². The molecule has 0 aliphatic heterocycles. The molecule has 0 heterocycles. The molecular formula is C28H46O4. The first kappa shape index (κ1) is 29.8. The highest BCUT2D eigenvalue weighted by Gasteiger charge is 2.14. The SMILES string of the molecule is CC(C)(C)O.CC(C)(C)Oc1ccc(OC(C)(C)C)cc1.CC(C)(C)c1ccc(O)cc1. The normalized spacial score (nSPS) is 12.0. The quantitative estimate of drug-likeness (QED) is 0.501. The third kappa shape index (κ3) is 17.5. The van der Waals surface area contributed by atoms with E-state index in [-0.39, 0.29) is 16.6 Å². The summed E-state index contributed by atoms with van der Waals surface area (Å²) in [6.07, 6.45) is 0. The summed E-state index contributed by atoms with van der Waals surface area (Å²) in [6, 6.07) is 15.1. The van der Waals surface area contributed by atoms with Crippen LogP contribution in [-0.2, 0) is 5.41 Å². The van der Waals surface area contributed by atoms with Gasteiger partial charge < -0.3 is 19.7 Å². The summed E-state index contributed by atoms with van der Waals surface area (Å²) < 4.78 is 11.5. The largest absolute Gasteiger partial charge is 0.508 e. The first-order valence-corrected chi connectivity index (χ1v) is 11.2. The monoisotopic (exact) mass is 446 g/mol. The number of hydrogen-bond donors (Lipinski definition) is 2. The van der Waals surface area contributed by atoms with E-state index in [1.807, 2.05) is 77.9 Å². The van der Waals surface area contributed by atoms with Crippen LogP contribution in [0.25, 0.3) is 0 Å². The van der Waals surface area contributed by atoms with Gasteiger partial charge in [-0.1, -0.05) is 32.9 Å². The van der Waals surface area contributed by atoms with Gasteiger partial charge in [-0.25, -0.2) is 0 Å². The third-order valence-electron chi connectivity index (χ3n) is 3.41. The van der Waals surface area contributed by atoms with Gasteiger partial charge in [0.15, 0.2) is 0 Å². The average molecular weight is 447 g/mol. The molecule has 2 aromatic carbocycles. The average Bonchev–Trinajstić information content (AvgIpc) is 2.53. The summed E-state index contributed by atoms with van der Waals surface area (Å²) in [5, 5.41) is 17.5. The highest BCUT2D eigenvalue weighted by Crippen LogP contribution is 2.24. The zero-order valence-electron chi connectivity index (χ0n) is 22.3. The van der Waals surface area contributed by atoms with E-state index in [0.29, 0.717) is 5.75 Å². The summed E-state index contributed by atoms with van der Waals surface area (Å²) in [6.45, 7) is 23.9. The predicted molar refractivity (Wildman–Crippen MR) is 136 cm³/mol. The lowest BCUT2D eigenvalue weighted by atomic mass is 9.87. The summed E-state index contributed by atoms with van der Waals surface area (Å²) in [4.78, 5) is 0. The predicted octanol–water partition coefficient (Wildman–Crippen LogP) is 7.51. The molecule has 0 amide bonds. The van der Waals surface area contributed by atoms with E-state index in [1.165, 1.54) is 5.56 Å². The van der Waals surface area contributed by atoms with Crippen LogP contribution >= 0.6 is 0 Å². The molecule has 0 bridgehead atoms. The molecule has 2 N–H and O–H groups in total. The fourth-order valence-electron chi connectivity index (χ4n) is 2.24. The molecule has 182 valence electrons. The second-order valence-corrected chi connectivity index (χ2v) is 11.9. The molecule has 0 atom stereocenters. The Morgan fingerprint density at radius 2 is 0.812 bits per heavy atom. The number of phenolic OH excluding ortho intramolecular Hbond substituents is 1. The zero-order valence-corrected chi connectivity index (χ0v) is 22.3. The zero-order chi connectivity index (χ0) is 25.4. The van der Waals surface area contributed by atoms with Crippen molar-refractivity contribution in [1.82, 2.24) is 0 Å². The minimum Gasteiger partial charge on any atom is -0.508 e. The Morgan fingerprint density at radius 1 is 0.531 bits per heavy atom. The molecule has 0 aliphatic carbocycles. The van der Waals surface area contributed by atoms with Crippen LogP contribution in [-0.4, -0.2) is 27.0 Å². The van der Waals surface area contributed by atoms with Gasteiger partial charge in [0, 0.05) is 0 Å². The Hall–Kier alpha value is -2.20. The number of phenols is 1. The van der Waals surface area contributed by atoms with E-state index in [4.69, 9.17) is 19.7 Å². The van der Waals surface area contributed by atoms with Gasteiger partial charge in [0.05, 0.1) is 5.60 Å². The molecule has 0 saturated carbocycles. The minimum absolute atomic E-state index is 0.160. The number of hydrogen-bond acceptors (Lipinski definition) is 4. The number of ether oxygens (including phenoxy) is 2. The van der Waals surface area contributed by atoms with Crippen molar-refractivity contribution in [3.8, 4) is 17.2 Å². The van der Waals surface area contributed by atoms with Crippen LogP contribution in [0.2, 0.25) is 0 Å². The summed E-state index contributed by atoms with van der Waals surface area (Å²) in [7, 11) is 0. The number of aliphatic hydroxyl groups is 1. The number of benzene rings is 2. The van der Waals surface area contributed by atoms with E-state index in [9.17, 15) is 0 Å². The molecule has 0 saturated heterocycles. The molecular weight excluding hydrogens is 400 g/mol. The van der Waals surface area contributed by atoms with Crippen molar-refractivity contribution < 1.29 is 19.7 Å². The van der Waals surface area contributed by atoms with E-state index in [2.05, 4.69) is 20.8 Å². The number of rotatable bonds is 2. The van der Waals surface area contributed by atoms with E-state index in [1.54, 1.807) is 32.9 Å². The van der Waals surface area contributed by atoms with Crippen LogP contribution < -0.4 is 9.47 Å². The molecule has 0 spiro atoms. The second kappa shape index (κ2) is 11.6. The van der Waals surface area contributed by atoms with Crippen LogP contribution in [0.15, 0.2) is 48.5 Å². The molecule has 4 nitrogen and oxygen atoms in total. The van der Waals surface area contributed by atoms with Crippen LogP contribution in [0.3, 0.4) is 0 Å². The van der Waals surface area contributed by atoms with Crippen LogP contribution in [0.1, 0.15) is 88.6 Å². The molecule has 4 heteroatoms. The number of aromatic hydroxyl groups is 1. The van der Waals surface area contributed by atoms with Gasteiger partial charge in [0.25, 0.3) is 0 Å². The van der Waals surface area contributed by atoms with Crippen molar-refractivity contribution in [1.29, 1.82) is 0 Å². The van der Waals surface area contributed by atoms with Crippen molar-refractivity contribution in [2.75, 3.05) is 0 Å². The van der Waals surface area contributed by atoms with E-state index < -0.39 is 5.60 Å². The van der Waals surface area contributed by atoms with E-state index >= 15 is 0 Å². The van der Waals surface area contributed by atoms with Gasteiger partial charge in [0.2, 0.25) is 0 Å². The molecule has 2 rings (SSSR count). The Balaban J connectivity index is 0.000000518. The summed E-state index contributed by atoms with van der Waals surface area (Å²) in [5.74, 6) is 2.07. The standard InChI is InChI=1S/C14H22O2.C10H14O.C4H10O/c1-13(2,3)15-11-7-9-12(10-8-11)16-14(4,5)6;1-10(2,3)8-4-6-9(11)7-5-8;1-4(2,3)5/h7-10H,1-6H3;4-7,11H,1-3H3;5H,1-3H3. The fourth-order valence-corrected chi connectivity index (χ4v) is 2.24. The fraction of sp³-hybridized carbons (Fsp3) is 0.571. The van der Waals surface area contributed by atoms with Crippen molar-refractivity contribution in [2.24, 2.45) is 0 Å². The Morgan fingerprint density at radius 3 is 1.03 bits per heavy atom. The van der Waals surface area contributed by atoms with Crippen molar-refractivity contribution in [2.45, 2.75) is 105 Å². The smallest absolute Gasteiger partial charge is 0.120 e. The second-order valence-electron chi connectivity index (χ2n) is 11.9. The summed E-state index contributed by atoms with van der Waals surface area (Å²) >= 11 is 0. The molecule has 0 fully saturated rings. The van der Waals surface area contributed by atoms with Gasteiger partial charge in [-0.05, 0) is 110 Å². The highest BCUT2D eigenvalue weighted by atomic mass is 16.5. The lowest BCUT2D eigenvalue weighted by Gasteiger charge is -2.23. The summed E-state index contributed by atoms with van der Waals surface area (Å²) in [5.41, 5.74) is 0.599. The first-order chi connectivity index (χ1) is 14.2. The maximum atomic E-state index is 9.02. The molecule has 0 aliphatic rings. The Bertz CT molecular complexity index is 722. The topological polar surface area (TPSA) is 58.9 Å². The van der Waals surface area contributed by atoms with Crippen molar-refractivity contribution in [3.63, 3.8) is 0 Å². The molecule has 32 heavy (non-hydrogen) atoms. The first-order valence-electron chi connectivity index (χ1n) is 11.2. The van der Waals surface area contributed by atoms with Crippen molar-refractivity contribution in [3.05, 3.63) is 54.1 Å². The highest BCUT2D eigenvalue weighted by molar-refractivity contribution is 5.32. The Labute approximate surface area is 196 Å². The molecule has 2 aromatic rings. The molecule has 0 radical (unpaired) electrons. The van der Waals surface area contributed by atoms with Crippen LogP contribution in [0.5, 0.6) is 17.2 Å². The van der Waals surface area contributed by atoms with Gasteiger partial charge in [-0.2, -0.15) is 0 Å². The minimum atomic E-state index is -0.500. The van der Waals surface area contributed by atoms with Gasteiger partial charge in [-0.3, -0.25) is 0 Å². The van der Waals surface area contributed by atoms with Gasteiger partial charge in [-0.15, -0.1) is 0 Å².